The maximum Gasteiger partial charge on any atom is 0.163 e. The predicted octanol–water partition coefficient (Wildman–Crippen LogP) is 4.45. The molecule has 2 aromatic carbocycles. The number of carbonyl (C=O) groups excluding carboxylic acids is 1. The predicted molar refractivity (Wildman–Crippen MR) is 73.3 cm³/mol. The van der Waals surface area contributed by atoms with Gasteiger partial charge in [0.25, 0.3) is 0 Å². The molecule has 1 aliphatic carbocycles. The van der Waals surface area contributed by atoms with Gasteiger partial charge in [0.2, 0.25) is 0 Å². The summed E-state index contributed by atoms with van der Waals surface area (Å²) in [4.78, 5) is 11.9. The Kier molecular flexibility index (Phi) is 2.92. The van der Waals surface area contributed by atoms with E-state index in [1.165, 1.54) is 5.56 Å². The van der Waals surface area contributed by atoms with Gasteiger partial charge in [0.1, 0.15) is 0 Å². The Morgan fingerprint density at radius 1 is 1.06 bits per heavy atom. The van der Waals surface area contributed by atoms with Crippen LogP contribution in [-0.2, 0) is 0 Å². The second-order valence-corrected chi connectivity index (χ2v) is 5.09. The summed E-state index contributed by atoms with van der Waals surface area (Å²) < 4.78 is 0. The molecular formula is C16H13ClO. The molecule has 3 rings (SSSR count). The molecule has 1 atom stereocenters. The minimum absolute atomic E-state index is 0.254. The van der Waals surface area contributed by atoms with Crippen molar-refractivity contribution in [3.8, 4) is 0 Å². The molecule has 0 fully saturated rings. The Morgan fingerprint density at radius 3 is 2.72 bits per heavy atom. The molecule has 1 unspecified atom stereocenters. The Labute approximate surface area is 111 Å². The lowest BCUT2D eigenvalue weighted by Gasteiger charge is -2.25. The van der Waals surface area contributed by atoms with Gasteiger partial charge in [-0.1, -0.05) is 48.0 Å². The van der Waals surface area contributed by atoms with Crippen LogP contribution in [0.15, 0.2) is 48.5 Å². The van der Waals surface area contributed by atoms with Crippen molar-refractivity contribution in [1.82, 2.24) is 0 Å². The highest BCUT2D eigenvalue weighted by Gasteiger charge is 2.26. The number of hydrogen-bond donors (Lipinski definition) is 0. The molecule has 0 bridgehead atoms. The van der Waals surface area contributed by atoms with E-state index in [0.717, 1.165) is 22.6 Å². The molecule has 18 heavy (non-hydrogen) atoms. The van der Waals surface area contributed by atoms with Crippen molar-refractivity contribution in [1.29, 1.82) is 0 Å². The number of hydrogen-bond acceptors (Lipinski definition) is 1. The van der Waals surface area contributed by atoms with E-state index in [0.29, 0.717) is 6.42 Å². The van der Waals surface area contributed by atoms with Gasteiger partial charge >= 0.3 is 0 Å². The summed E-state index contributed by atoms with van der Waals surface area (Å²) in [7, 11) is 0. The van der Waals surface area contributed by atoms with Crippen molar-refractivity contribution < 1.29 is 4.79 Å². The SMILES string of the molecule is O=C1CCC(c2cccc(Cl)c2)c2ccccc21. The van der Waals surface area contributed by atoms with Gasteiger partial charge < -0.3 is 0 Å². The van der Waals surface area contributed by atoms with E-state index in [4.69, 9.17) is 11.6 Å². The first kappa shape index (κ1) is 11.5. The van der Waals surface area contributed by atoms with Gasteiger partial charge in [0.05, 0.1) is 0 Å². The third kappa shape index (κ3) is 1.95. The third-order valence-electron chi connectivity index (χ3n) is 3.55. The molecule has 0 aromatic heterocycles. The van der Waals surface area contributed by atoms with Gasteiger partial charge in [-0.2, -0.15) is 0 Å². The number of ketones is 1. The lowest BCUT2D eigenvalue weighted by atomic mass is 9.78. The van der Waals surface area contributed by atoms with Crippen LogP contribution >= 0.6 is 11.6 Å². The summed E-state index contributed by atoms with van der Waals surface area (Å²) in [5.74, 6) is 0.543. The van der Waals surface area contributed by atoms with Crippen LogP contribution in [0.25, 0.3) is 0 Å². The van der Waals surface area contributed by atoms with E-state index < -0.39 is 0 Å². The normalized spacial score (nSPS) is 18.5. The van der Waals surface area contributed by atoms with Crippen LogP contribution in [0.1, 0.15) is 40.2 Å². The van der Waals surface area contributed by atoms with Gasteiger partial charge in [-0.05, 0) is 29.7 Å². The summed E-state index contributed by atoms with van der Waals surface area (Å²) in [5, 5.41) is 0.752. The van der Waals surface area contributed by atoms with Gasteiger partial charge in [0.15, 0.2) is 5.78 Å². The standard InChI is InChI=1S/C16H13ClO/c17-12-5-3-4-11(10-12)13-8-9-16(18)15-7-2-1-6-14(13)15/h1-7,10,13H,8-9H2. The van der Waals surface area contributed by atoms with Crippen LogP contribution in [0.2, 0.25) is 5.02 Å². The highest BCUT2D eigenvalue weighted by Crippen LogP contribution is 2.37. The Bertz CT molecular complexity index is 604. The summed E-state index contributed by atoms with van der Waals surface area (Å²) in [5.41, 5.74) is 3.20. The zero-order valence-electron chi connectivity index (χ0n) is 9.90. The minimum Gasteiger partial charge on any atom is -0.294 e. The Balaban J connectivity index is 2.10. The van der Waals surface area contributed by atoms with Crippen molar-refractivity contribution in [2.45, 2.75) is 18.8 Å². The molecule has 0 aliphatic heterocycles. The molecule has 0 spiro atoms. The fraction of sp³-hybridized carbons (Fsp3) is 0.188. The number of carbonyl (C=O) groups is 1. The smallest absolute Gasteiger partial charge is 0.163 e. The van der Waals surface area contributed by atoms with E-state index in [1.807, 2.05) is 36.4 Å². The molecule has 0 heterocycles. The van der Waals surface area contributed by atoms with Crippen LogP contribution in [0.4, 0.5) is 0 Å². The third-order valence-corrected chi connectivity index (χ3v) is 3.78. The molecule has 1 aliphatic rings. The summed E-state index contributed by atoms with van der Waals surface area (Å²) in [6, 6.07) is 15.8. The van der Waals surface area contributed by atoms with Crippen molar-refractivity contribution in [2.75, 3.05) is 0 Å². The molecule has 0 saturated carbocycles. The zero-order valence-corrected chi connectivity index (χ0v) is 10.7. The second-order valence-electron chi connectivity index (χ2n) is 4.66. The van der Waals surface area contributed by atoms with Crippen LogP contribution in [0.3, 0.4) is 0 Å². The molecule has 0 radical (unpaired) electrons. The lowest BCUT2D eigenvalue weighted by molar-refractivity contribution is 0.0969. The largest absolute Gasteiger partial charge is 0.294 e. The number of halogens is 1. The maximum absolute atomic E-state index is 11.9. The van der Waals surface area contributed by atoms with Crippen molar-refractivity contribution in [2.24, 2.45) is 0 Å². The molecule has 2 aromatic rings. The van der Waals surface area contributed by atoms with Gasteiger partial charge in [0, 0.05) is 22.9 Å². The molecule has 0 amide bonds. The zero-order chi connectivity index (χ0) is 12.5. The number of Topliss-reactive ketones (excluding diaryl/α,β-unsaturated/α-hetero) is 1. The van der Waals surface area contributed by atoms with E-state index in [1.54, 1.807) is 0 Å². The van der Waals surface area contributed by atoms with Gasteiger partial charge in [-0.25, -0.2) is 0 Å². The number of benzene rings is 2. The number of fused-ring (bicyclic) bond motifs is 1. The monoisotopic (exact) mass is 256 g/mol. The summed E-state index contributed by atoms with van der Waals surface area (Å²) >= 11 is 6.05. The topological polar surface area (TPSA) is 17.1 Å². The van der Waals surface area contributed by atoms with Crippen LogP contribution in [-0.4, -0.2) is 5.78 Å². The fourth-order valence-corrected chi connectivity index (χ4v) is 2.89. The van der Waals surface area contributed by atoms with Crippen LogP contribution in [0, 0.1) is 0 Å². The molecule has 0 saturated heterocycles. The first-order valence-corrected chi connectivity index (χ1v) is 6.51. The Morgan fingerprint density at radius 2 is 1.89 bits per heavy atom. The van der Waals surface area contributed by atoms with E-state index in [2.05, 4.69) is 12.1 Å². The van der Waals surface area contributed by atoms with E-state index >= 15 is 0 Å². The highest BCUT2D eigenvalue weighted by molar-refractivity contribution is 6.30. The highest BCUT2D eigenvalue weighted by atomic mass is 35.5. The van der Waals surface area contributed by atoms with Gasteiger partial charge in [-0.15, -0.1) is 0 Å². The van der Waals surface area contributed by atoms with E-state index in [9.17, 15) is 4.79 Å². The fourth-order valence-electron chi connectivity index (χ4n) is 2.69. The second kappa shape index (κ2) is 4.58. The average Bonchev–Trinajstić information content (AvgIpc) is 2.39. The van der Waals surface area contributed by atoms with Crippen LogP contribution in [0.5, 0.6) is 0 Å². The number of rotatable bonds is 1. The summed E-state index contributed by atoms with van der Waals surface area (Å²) in [6.07, 6.45) is 1.49. The Hall–Kier alpha value is -1.60. The maximum atomic E-state index is 11.9. The lowest BCUT2D eigenvalue weighted by Crippen LogP contribution is -2.16. The molecule has 0 N–H and O–H groups in total. The first-order valence-electron chi connectivity index (χ1n) is 6.13. The van der Waals surface area contributed by atoms with Crippen molar-refractivity contribution in [3.63, 3.8) is 0 Å². The summed E-state index contributed by atoms with van der Waals surface area (Å²) in [6.45, 7) is 0. The van der Waals surface area contributed by atoms with E-state index in [-0.39, 0.29) is 11.7 Å². The minimum atomic E-state index is 0.254. The average molecular weight is 257 g/mol. The molecule has 1 nitrogen and oxygen atoms in total. The molecular weight excluding hydrogens is 244 g/mol. The van der Waals surface area contributed by atoms with Gasteiger partial charge in [-0.3, -0.25) is 4.79 Å². The van der Waals surface area contributed by atoms with Crippen molar-refractivity contribution in [3.05, 3.63) is 70.2 Å². The van der Waals surface area contributed by atoms with Crippen molar-refractivity contribution >= 4 is 17.4 Å². The quantitative estimate of drug-likeness (QED) is 0.737. The molecule has 90 valence electrons. The first-order chi connectivity index (χ1) is 8.75. The molecule has 2 heteroatoms. The van der Waals surface area contributed by atoms with Crippen LogP contribution < -0.4 is 0 Å².